The standard InChI is InChI=1S/C21H19BrN2O5/c1-12-4-5-16(6-13(12)2)24-21(27)15(10-23)7-14-8-18(28-3)19(9-17(14)22)29-11-20(25)26/h4-9H,11H2,1-3H3,(H,24,27)(H,25,26)/b15-7+. The van der Waals surface area contributed by atoms with Gasteiger partial charge >= 0.3 is 5.97 Å². The van der Waals surface area contributed by atoms with Gasteiger partial charge in [-0.25, -0.2) is 4.79 Å². The van der Waals surface area contributed by atoms with Crippen LogP contribution in [0.4, 0.5) is 5.69 Å². The number of carbonyl (C=O) groups is 2. The van der Waals surface area contributed by atoms with E-state index in [0.717, 1.165) is 11.1 Å². The smallest absolute Gasteiger partial charge is 0.341 e. The van der Waals surface area contributed by atoms with Crippen molar-refractivity contribution in [2.24, 2.45) is 0 Å². The molecule has 0 unspecified atom stereocenters. The van der Waals surface area contributed by atoms with E-state index in [4.69, 9.17) is 14.6 Å². The summed E-state index contributed by atoms with van der Waals surface area (Å²) in [5.41, 5.74) is 3.10. The van der Waals surface area contributed by atoms with Gasteiger partial charge in [-0.05, 0) is 60.9 Å². The van der Waals surface area contributed by atoms with Crippen LogP contribution in [0.15, 0.2) is 40.4 Å². The molecule has 7 nitrogen and oxygen atoms in total. The Balaban J connectivity index is 2.31. The number of nitrogens with one attached hydrogen (secondary N) is 1. The fraction of sp³-hybridized carbons (Fsp3) is 0.190. The summed E-state index contributed by atoms with van der Waals surface area (Å²) in [6.45, 7) is 3.37. The lowest BCUT2D eigenvalue weighted by atomic mass is 10.1. The predicted octanol–water partition coefficient (Wildman–Crippen LogP) is 4.08. The maximum Gasteiger partial charge on any atom is 0.341 e. The van der Waals surface area contributed by atoms with Crippen LogP contribution >= 0.6 is 15.9 Å². The minimum absolute atomic E-state index is 0.106. The Morgan fingerprint density at radius 1 is 1.21 bits per heavy atom. The Bertz CT molecular complexity index is 1020. The number of carboxylic acid groups (broad SMARTS) is 1. The Morgan fingerprint density at radius 3 is 2.52 bits per heavy atom. The molecule has 0 saturated heterocycles. The molecule has 0 aliphatic rings. The summed E-state index contributed by atoms with van der Waals surface area (Å²) in [5.74, 6) is -1.18. The molecule has 0 aromatic heterocycles. The fourth-order valence-electron chi connectivity index (χ4n) is 2.39. The molecule has 29 heavy (non-hydrogen) atoms. The van der Waals surface area contributed by atoms with Crippen LogP contribution < -0.4 is 14.8 Å². The number of aryl methyl sites for hydroxylation is 2. The number of hydrogen-bond acceptors (Lipinski definition) is 5. The van der Waals surface area contributed by atoms with Crippen LogP contribution in [-0.2, 0) is 9.59 Å². The number of amides is 1. The first kappa shape index (κ1) is 22.0. The summed E-state index contributed by atoms with van der Waals surface area (Å²) in [5, 5.41) is 20.9. The number of nitriles is 1. The van der Waals surface area contributed by atoms with Gasteiger partial charge in [0.05, 0.1) is 7.11 Å². The molecule has 2 aromatic rings. The zero-order valence-electron chi connectivity index (χ0n) is 16.1. The average molecular weight is 459 g/mol. The van der Waals surface area contributed by atoms with Gasteiger partial charge in [-0.15, -0.1) is 0 Å². The number of carbonyl (C=O) groups excluding carboxylic acids is 1. The maximum absolute atomic E-state index is 12.5. The number of ether oxygens (including phenoxy) is 2. The first-order valence-electron chi connectivity index (χ1n) is 8.47. The fourth-order valence-corrected chi connectivity index (χ4v) is 2.83. The van der Waals surface area contributed by atoms with Crippen LogP contribution in [0, 0.1) is 25.2 Å². The molecular weight excluding hydrogens is 440 g/mol. The molecule has 1 amide bonds. The molecule has 0 atom stereocenters. The molecule has 0 heterocycles. The van der Waals surface area contributed by atoms with Crippen molar-refractivity contribution in [1.29, 1.82) is 5.26 Å². The third-order valence-corrected chi connectivity index (χ3v) is 4.75. The van der Waals surface area contributed by atoms with Crippen LogP contribution in [0.5, 0.6) is 11.5 Å². The number of halogens is 1. The summed E-state index contributed by atoms with van der Waals surface area (Å²) in [4.78, 5) is 23.2. The lowest BCUT2D eigenvalue weighted by molar-refractivity contribution is -0.139. The van der Waals surface area contributed by atoms with Crippen LogP contribution in [0.25, 0.3) is 6.08 Å². The first-order chi connectivity index (χ1) is 13.7. The molecule has 0 radical (unpaired) electrons. The summed E-state index contributed by atoms with van der Waals surface area (Å²) >= 11 is 3.34. The molecule has 2 aromatic carbocycles. The van der Waals surface area contributed by atoms with Crippen LogP contribution in [0.3, 0.4) is 0 Å². The van der Waals surface area contributed by atoms with E-state index >= 15 is 0 Å². The van der Waals surface area contributed by atoms with Gasteiger partial charge in [-0.3, -0.25) is 4.79 Å². The van der Waals surface area contributed by atoms with E-state index in [-0.39, 0.29) is 17.1 Å². The van der Waals surface area contributed by atoms with Crippen molar-refractivity contribution in [3.63, 3.8) is 0 Å². The maximum atomic E-state index is 12.5. The van der Waals surface area contributed by atoms with E-state index in [9.17, 15) is 14.9 Å². The highest BCUT2D eigenvalue weighted by Gasteiger charge is 2.14. The highest BCUT2D eigenvalue weighted by molar-refractivity contribution is 9.10. The van der Waals surface area contributed by atoms with Crippen molar-refractivity contribution < 1.29 is 24.2 Å². The van der Waals surface area contributed by atoms with Crippen molar-refractivity contribution in [3.05, 3.63) is 57.1 Å². The zero-order valence-corrected chi connectivity index (χ0v) is 17.7. The van der Waals surface area contributed by atoms with E-state index in [1.807, 2.05) is 32.0 Å². The van der Waals surface area contributed by atoms with Crippen LogP contribution in [0.1, 0.15) is 16.7 Å². The van der Waals surface area contributed by atoms with Crippen molar-refractivity contribution in [1.82, 2.24) is 0 Å². The summed E-state index contributed by atoms with van der Waals surface area (Å²) < 4.78 is 10.9. The summed E-state index contributed by atoms with van der Waals surface area (Å²) in [6.07, 6.45) is 1.41. The molecule has 0 fully saturated rings. The predicted molar refractivity (Wildman–Crippen MR) is 112 cm³/mol. The number of hydrogen-bond donors (Lipinski definition) is 2. The first-order valence-corrected chi connectivity index (χ1v) is 9.27. The highest BCUT2D eigenvalue weighted by atomic mass is 79.9. The van der Waals surface area contributed by atoms with E-state index in [0.29, 0.717) is 15.7 Å². The Morgan fingerprint density at radius 2 is 1.93 bits per heavy atom. The Labute approximate surface area is 176 Å². The molecule has 0 spiro atoms. The van der Waals surface area contributed by atoms with Gasteiger partial charge in [0.25, 0.3) is 5.91 Å². The lowest BCUT2D eigenvalue weighted by Gasteiger charge is -2.12. The van der Waals surface area contributed by atoms with Gasteiger partial charge in [0.15, 0.2) is 18.1 Å². The number of carboxylic acids is 1. The number of anilines is 1. The topological polar surface area (TPSA) is 109 Å². The molecule has 0 saturated carbocycles. The molecule has 0 aliphatic heterocycles. The lowest BCUT2D eigenvalue weighted by Crippen LogP contribution is -2.13. The molecule has 150 valence electrons. The quantitative estimate of drug-likeness (QED) is 0.477. The van der Waals surface area contributed by atoms with Gasteiger partial charge in [0.1, 0.15) is 11.6 Å². The van der Waals surface area contributed by atoms with E-state index in [2.05, 4.69) is 21.2 Å². The molecule has 0 aliphatic carbocycles. The van der Waals surface area contributed by atoms with Crippen LogP contribution in [0.2, 0.25) is 0 Å². The normalized spacial score (nSPS) is 10.8. The van der Waals surface area contributed by atoms with Gasteiger partial charge in [-0.1, -0.05) is 22.0 Å². The second-order valence-corrected chi connectivity index (χ2v) is 6.98. The minimum Gasteiger partial charge on any atom is -0.493 e. The number of rotatable bonds is 7. The van der Waals surface area contributed by atoms with Crippen molar-refractivity contribution in [2.45, 2.75) is 13.8 Å². The summed E-state index contributed by atoms with van der Waals surface area (Å²) in [6, 6.07) is 10.4. The Kier molecular flexibility index (Phi) is 7.39. The zero-order chi connectivity index (χ0) is 21.6. The molecule has 8 heteroatoms. The van der Waals surface area contributed by atoms with E-state index < -0.39 is 18.5 Å². The highest BCUT2D eigenvalue weighted by Crippen LogP contribution is 2.34. The monoisotopic (exact) mass is 458 g/mol. The largest absolute Gasteiger partial charge is 0.493 e. The van der Waals surface area contributed by atoms with Gasteiger partial charge in [-0.2, -0.15) is 5.26 Å². The van der Waals surface area contributed by atoms with Gasteiger partial charge < -0.3 is 19.9 Å². The second-order valence-electron chi connectivity index (χ2n) is 6.13. The SMILES string of the molecule is COc1cc(/C=C(\C#N)C(=O)Nc2ccc(C)c(C)c2)c(Br)cc1OCC(=O)O. The third-order valence-electron chi connectivity index (χ3n) is 4.06. The Hall–Kier alpha value is -3.31. The average Bonchev–Trinajstić information content (AvgIpc) is 2.68. The molecular formula is C21H19BrN2O5. The summed E-state index contributed by atoms with van der Waals surface area (Å²) in [7, 11) is 1.40. The van der Waals surface area contributed by atoms with Crippen molar-refractivity contribution >= 4 is 39.6 Å². The van der Waals surface area contributed by atoms with Gasteiger partial charge in [0, 0.05) is 10.2 Å². The van der Waals surface area contributed by atoms with Crippen molar-refractivity contribution in [2.75, 3.05) is 19.0 Å². The van der Waals surface area contributed by atoms with Gasteiger partial charge in [0.2, 0.25) is 0 Å². The number of methoxy groups -OCH3 is 1. The second kappa shape index (κ2) is 9.75. The van der Waals surface area contributed by atoms with E-state index in [1.165, 1.54) is 19.3 Å². The number of nitrogens with zero attached hydrogens (tertiary/aromatic N) is 1. The van der Waals surface area contributed by atoms with Crippen LogP contribution in [-0.4, -0.2) is 30.7 Å². The minimum atomic E-state index is -1.12. The molecule has 2 N–H and O–H groups in total. The third kappa shape index (κ3) is 5.83. The molecule has 0 bridgehead atoms. The number of benzene rings is 2. The van der Waals surface area contributed by atoms with E-state index in [1.54, 1.807) is 12.1 Å². The molecule has 2 rings (SSSR count). The van der Waals surface area contributed by atoms with Crippen molar-refractivity contribution in [3.8, 4) is 17.6 Å². The number of aliphatic carboxylic acids is 1.